The van der Waals surface area contributed by atoms with Crippen LogP contribution in [0, 0.1) is 0 Å². The zero-order valence-corrected chi connectivity index (χ0v) is 12.9. The van der Waals surface area contributed by atoms with Gasteiger partial charge in [-0.2, -0.15) is 0 Å². The maximum Gasteiger partial charge on any atom is 0.0573 e. The van der Waals surface area contributed by atoms with E-state index in [0.29, 0.717) is 0 Å². The second kappa shape index (κ2) is 7.10. The van der Waals surface area contributed by atoms with Crippen molar-refractivity contribution < 1.29 is 0 Å². The summed E-state index contributed by atoms with van der Waals surface area (Å²) in [5.41, 5.74) is 4.51. The van der Waals surface area contributed by atoms with E-state index in [2.05, 4.69) is 40.6 Å². The van der Waals surface area contributed by atoms with Gasteiger partial charge in [-0.05, 0) is 48.2 Å². The molecule has 0 aliphatic carbocycles. The predicted octanol–water partition coefficient (Wildman–Crippen LogP) is 5.26. The Morgan fingerprint density at radius 3 is 2.41 bits per heavy atom. The summed E-state index contributed by atoms with van der Waals surface area (Å²) in [5, 5.41) is 4.06. The van der Waals surface area contributed by atoms with E-state index in [0.717, 1.165) is 29.2 Å². The zero-order chi connectivity index (χ0) is 15.2. The van der Waals surface area contributed by atoms with E-state index < -0.39 is 0 Å². The molecular formula is C19H17ClN2. The Morgan fingerprint density at radius 1 is 0.773 bits per heavy atom. The highest BCUT2D eigenvalue weighted by Gasteiger charge is 2.00. The lowest BCUT2D eigenvalue weighted by atomic mass is 10.1. The number of hydrogen-bond acceptors (Lipinski definition) is 2. The van der Waals surface area contributed by atoms with Crippen LogP contribution in [0.15, 0.2) is 73.1 Å². The van der Waals surface area contributed by atoms with Crippen molar-refractivity contribution in [1.29, 1.82) is 0 Å². The number of nitrogens with zero attached hydrogens (tertiary/aromatic N) is 1. The molecule has 0 fully saturated rings. The SMILES string of the molecule is Clc1cccc(Nc2cncc(CCc3ccccc3)c2)c1. The van der Waals surface area contributed by atoms with Gasteiger partial charge in [0.25, 0.3) is 0 Å². The van der Waals surface area contributed by atoms with Gasteiger partial charge < -0.3 is 5.32 Å². The highest BCUT2D eigenvalue weighted by Crippen LogP contribution is 2.20. The van der Waals surface area contributed by atoms with Crippen molar-refractivity contribution in [2.24, 2.45) is 0 Å². The van der Waals surface area contributed by atoms with E-state index in [1.807, 2.05) is 42.7 Å². The summed E-state index contributed by atoms with van der Waals surface area (Å²) in [6, 6.07) is 20.3. The van der Waals surface area contributed by atoms with Crippen molar-refractivity contribution in [1.82, 2.24) is 4.98 Å². The highest BCUT2D eigenvalue weighted by atomic mass is 35.5. The number of benzene rings is 2. The monoisotopic (exact) mass is 308 g/mol. The fourth-order valence-electron chi connectivity index (χ4n) is 2.36. The Hall–Kier alpha value is -2.32. The third-order valence-electron chi connectivity index (χ3n) is 3.45. The van der Waals surface area contributed by atoms with E-state index in [9.17, 15) is 0 Å². The first-order valence-electron chi connectivity index (χ1n) is 7.30. The van der Waals surface area contributed by atoms with E-state index >= 15 is 0 Å². The molecule has 0 amide bonds. The number of anilines is 2. The molecule has 110 valence electrons. The van der Waals surface area contributed by atoms with E-state index in [4.69, 9.17) is 11.6 Å². The van der Waals surface area contributed by atoms with Crippen LogP contribution in [0.25, 0.3) is 0 Å². The second-order valence-corrected chi connectivity index (χ2v) is 5.64. The molecule has 3 aromatic rings. The van der Waals surface area contributed by atoms with Gasteiger partial charge >= 0.3 is 0 Å². The molecule has 1 heterocycles. The van der Waals surface area contributed by atoms with Gasteiger partial charge in [0.2, 0.25) is 0 Å². The van der Waals surface area contributed by atoms with Crippen LogP contribution in [0.1, 0.15) is 11.1 Å². The number of nitrogens with one attached hydrogen (secondary N) is 1. The van der Waals surface area contributed by atoms with Gasteiger partial charge in [-0.15, -0.1) is 0 Å². The maximum absolute atomic E-state index is 6.00. The van der Waals surface area contributed by atoms with Gasteiger partial charge in [0.1, 0.15) is 0 Å². The molecule has 2 aromatic carbocycles. The molecule has 0 radical (unpaired) electrons. The summed E-state index contributed by atoms with van der Waals surface area (Å²) < 4.78 is 0. The molecule has 0 aliphatic rings. The third kappa shape index (κ3) is 4.09. The average molecular weight is 309 g/mol. The van der Waals surface area contributed by atoms with Gasteiger partial charge in [-0.25, -0.2) is 0 Å². The van der Waals surface area contributed by atoms with Gasteiger partial charge in [0, 0.05) is 16.9 Å². The van der Waals surface area contributed by atoms with Crippen LogP contribution in [0.2, 0.25) is 5.02 Å². The molecule has 0 aliphatic heterocycles. The third-order valence-corrected chi connectivity index (χ3v) is 3.69. The van der Waals surface area contributed by atoms with Crippen molar-refractivity contribution in [2.45, 2.75) is 12.8 Å². The Labute approximate surface area is 135 Å². The van der Waals surface area contributed by atoms with Crippen LogP contribution in [-0.4, -0.2) is 4.98 Å². The average Bonchev–Trinajstić information content (AvgIpc) is 2.54. The topological polar surface area (TPSA) is 24.9 Å². The highest BCUT2D eigenvalue weighted by molar-refractivity contribution is 6.30. The molecule has 3 rings (SSSR count). The van der Waals surface area contributed by atoms with Crippen molar-refractivity contribution in [3.8, 4) is 0 Å². The lowest BCUT2D eigenvalue weighted by Crippen LogP contribution is -1.95. The number of rotatable bonds is 5. The van der Waals surface area contributed by atoms with Gasteiger partial charge in [-0.1, -0.05) is 48.0 Å². The Balaban J connectivity index is 1.67. The molecule has 1 N–H and O–H groups in total. The van der Waals surface area contributed by atoms with Gasteiger partial charge in [0.05, 0.1) is 11.9 Å². The number of halogens is 1. The summed E-state index contributed by atoms with van der Waals surface area (Å²) in [7, 11) is 0. The fourth-order valence-corrected chi connectivity index (χ4v) is 2.55. The zero-order valence-electron chi connectivity index (χ0n) is 12.2. The Morgan fingerprint density at radius 2 is 1.59 bits per heavy atom. The molecule has 0 bridgehead atoms. The summed E-state index contributed by atoms with van der Waals surface area (Å²) in [6.45, 7) is 0. The molecule has 2 nitrogen and oxygen atoms in total. The summed E-state index contributed by atoms with van der Waals surface area (Å²) in [4.78, 5) is 4.32. The smallest absolute Gasteiger partial charge is 0.0573 e. The normalized spacial score (nSPS) is 10.4. The molecule has 0 unspecified atom stereocenters. The predicted molar refractivity (Wildman–Crippen MR) is 92.8 cm³/mol. The van der Waals surface area contributed by atoms with Crippen LogP contribution >= 0.6 is 11.6 Å². The van der Waals surface area contributed by atoms with Crippen LogP contribution in [0.4, 0.5) is 11.4 Å². The maximum atomic E-state index is 6.00. The second-order valence-electron chi connectivity index (χ2n) is 5.20. The molecule has 0 spiro atoms. The molecule has 0 saturated carbocycles. The van der Waals surface area contributed by atoms with E-state index in [1.54, 1.807) is 0 Å². The first-order valence-corrected chi connectivity index (χ1v) is 7.68. The molecule has 0 atom stereocenters. The van der Waals surface area contributed by atoms with Crippen LogP contribution in [0.3, 0.4) is 0 Å². The van der Waals surface area contributed by atoms with Crippen LogP contribution < -0.4 is 5.32 Å². The number of aryl methyl sites for hydroxylation is 2. The molecule has 0 saturated heterocycles. The number of pyridine rings is 1. The van der Waals surface area contributed by atoms with Crippen molar-refractivity contribution >= 4 is 23.0 Å². The Kier molecular flexibility index (Phi) is 4.71. The lowest BCUT2D eigenvalue weighted by molar-refractivity contribution is 0.950. The standard InChI is InChI=1S/C19H17ClN2/c20-17-7-4-8-18(12-17)22-19-11-16(13-21-14-19)10-9-15-5-2-1-3-6-15/h1-8,11-14,22H,9-10H2. The lowest BCUT2D eigenvalue weighted by Gasteiger charge is -2.08. The summed E-state index contributed by atoms with van der Waals surface area (Å²) in [5.74, 6) is 0. The number of aromatic nitrogens is 1. The molecular weight excluding hydrogens is 292 g/mol. The van der Waals surface area contributed by atoms with Crippen molar-refractivity contribution in [3.05, 3.63) is 89.2 Å². The Bertz CT molecular complexity index is 741. The number of hydrogen-bond donors (Lipinski definition) is 1. The summed E-state index contributed by atoms with van der Waals surface area (Å²) in [6.07, 6.45) is 5.74. The molecule has 3 heteroatoms. The first kappa shape index (κ1) is 14.6. The van der Waals surface area contributed by atoms with Crippen molar-refractivity contribution in [2.75, 3.05) is 5.32 Å². The first-order chi connectivity index (χ1) is 10.8. The van der Waals surface area contributed by atoms with Gasteiger partial charge in [-0.3, -0.25) is 4.98 Å². The molecule has 22 heavy (non-hydrogen) atoms. The van der Waals surface area contributed by atoms with Crippen LogP contribution in [0.5, 0.6) is 0 Å². The van der Waals surface area contributed by atoms with E-state index in [-0.39, 0.29) is 0 Å². The summed E-state index contributed by atoms with van der Waals surface area (Å²) >= 11 is 6.00. The largest absolute Gasteiger partial charge is 0.354 e. The minimum Gasteiger partial charge on any atom is -0.354 e. The van der Waals surface area contributed by atoms with E-state index in [1.165, 1.54) is 11.1 Å². The van der Waals surface area contributed by atoms with Gasteiger partial charge in [0.15, 0.2) is 0 Å². The minimum absolute atomic E-state index is 0.721. The molecule has 1 aromatic heterocycles. The quantitative estimate of drug-likeness (QED) is 0.695. The van der Waals surface area contributed by atoms with Crippen molar-refractivity contribution in [3.63, 3.8) is 0 Å². The van der Waals surface area contributed by atoms with Crippen LogP contribution in [-0.2, 0) is 12.8 Å². The fraction of sp³-hybridized carbons (Fsp3) is 0.105. The minimum atomic E-state index is 0.721.